The highest BCUT2D eigenvalue weighted by molar-refractivity contribution is 7.89. The third kappa shape index (κ3) is 4.66. The molecule has 0 radical (unpaired) electrons. The van der Waals surface area contributed by atoms with Crippen LogP contribution in [0.1, 0.15) is 30.8 Å². The zero-order valence-electron chi connectivity index (χ0n) is 17.0. The van der Waals surface area contributed by atoms with Crippen molar-refractivity contribution in [1.82, 2.24) is 9.29 Å². The Morgan fingerprint density at radius 3 is 2.48 bits per heavy atom. The van der Waals surface area contributed by atoms with Crippen LogP contribution in [0.3, 0.4) is 0 Å². The molecule has 0 aliphatic rings. The number of amides is 1. The molecule has 0 saturated carbocycles. The normalized spacial score (nSPS) is 13.0. The molecular weight excluding hydrogens is 406 g/mol. The molecule has 1 heterocycles. The highest BCUT2D eigenvalue weighted by Gasteiger charge is 2.30. The monoisotopic (exact) mass is 431 g/mol. The lowest BCUT2D eigenvalue weighted by Gasteiger charge is -2.27. The second-order valence-electron chi connectivity index (χ2n) is 7.03. The Morgan fingerprint density at radius 2 is 1.86 bits per heavy atom. The molecule has 29 heavy (non-hydrogen) atoms. The number of hydrogen-bond acceptors (Lipinski definition) is 5. The van der Waals surface area contributed by atoms with Gasteiger partial charge in [-0.2, -0.15) is 4.31 Å². The number of rotatable bonds is 7. The maximum Gasteiger partial charge on any atom is 0.243 e. The lowest BCUT2D eigenvalue weighted by Crippen LogP contribution is -2.43. The van der Waals surface area contributed by atoms with Crippen molar-refractivity contribution in [2.24, 2.45) is 0 Å². The summed E-state index contributed by atoms with van der Waals surface area (Å²) in [4.78, 5) is 18.1. The van der Waals surface area contributed by atoms with Crippen LogP contribution in [0.5, 0.6) is 0 Å². The summed E-state index contributed by atoms with van der Waals surface area (Å²) < 4.78 is 28.0. The summed E-state index contributed by atoms with van der Waals surface area (Å²) in [5.41, 5.74) is 0.855. The standard InChI is InChI=1S/C21H25N3O3S2/c1-5-14(2)24(13-20(25)23-21-22-15(3)16(4)28-21)29(26,27)19-11-10-17-8-6-7-9-18(17)12-19/h6-12,14H,5,13H2,1-4H3,(H,22,23,25). The first kappa shape index (κ1) is 21.4. The van der Waals surface area contributed by atoms with Gasteiger partial charge in [-0.05, 0) is 50.1 Å². The summed E-state index contributed by atoms with van der Waals surface area (Å²) in [6, 6.07) is 12.3. The number of carbonyl (C=O) groups excluding carboxylic acids is 1. The molecule has 0 aliphatic carbocycles. The number of nitrogens with one attached hydrogen (secondary N) is 1. The molecular formula is C21H25N3O3S2. The van der Waals surface area contributed by atoms with E-state index in [-0.39, 0.29) is 17.5 Å². The van der Waals surface area contributed by atoms with Gasteiger partial charge in [-0.1, -0.05) is 37.3 Å². The zero-order chi connectivity index (χ0) is 21.2. The average Bonchev–Trinajstić information content (AvgIpc) is 3.01. The smallest absolute Gasteiger partial charge is 0.243 e. The van der Waals surface area contributed by atoms with Crippen LogP contribution < -0.4 is 5.32 Å². The number of aromatic nitrogens is 1. The van der Waals surface area contributed by atoms with E-state index in [4.69, 9.17) is 0 Å². The molecule has 1 aromatic heterocycles. The van der Waals surface area contributed by atoms with Crippen LogP contribution in [-0.2, 0) is 14.8 Å². The number of benzene rings is 2. The lowest BCUT2D eigenvalue weighted by molar-refractivity contribution is -0.116. The Kier molecular flexibility index (Phi) is 6.36. The van der Waals surface area contributed by atoms with Gasteiger partial charge < -0.3 is 5.32 Å². The highest BCUT2D eigenvalue weighted by atomic mass is 32.2. The third-order valence-corrected chi connectivity index (χ3v) is 7.93. The molecule has 1 amide bonds. The molecule has 154 valence electrons. The van der Waals surface area contributed by atoms with Crippen LogP contribution in [0.2, 0.25) is 0 Å². The van der Waals surface area contributed by atoms with E-state index < -0.39 is 15.9 Å². The first-order chi connectivity index (χ1) is 13.7. The van der Waals surface area contributed by atoms with Crippen LogP contribution in [0, 0.1) is 13.8 Å². The minimum Gasteiger partial charge on any atom is -0.301 e. The van der Waals surface area contributed by atoms with Crippen LogP contribution in [0.4, 0.5) is 5.13 Å². The van der Waals surface area contributed by atoms with Gasteiger partial charge in [0, 0.05) is 10.9 Å². The molecule has 1 atom stereocenters. The van der Waals surface area contributed by atoms with Crippen LogP contribution in [0.15, 0.2) is 47.4 Å². The van der Waals surface area contributed by atoms with Crippen molar-refractivity contribution >= 4 is 43.2 Å². The van der Waals surface area contributed by atoms with E-state index in [1.165, 1.54) is 15.6 Å². The predicted octanol–water partition coefficient (Wildman–Crippen LogP) is 4.34. The van der Waals surface area contributed by atoms with Crippen molar-refractivity contribution in [3.63, 3.8) is 0 Å². The molecule has 0 spiro atoms. The largest absolute Gasteiger partial charge is 0.301 e. The zero-order valence-corrected chi connectivity index (χ0v) is 18.6. The summed E-state index contributed by atoms with van der Waals surface area (Å²) in [7, 11) is -3.84. The minimum absolute atomic E-state index is 0.185. The summed E-state index contributed by atoms with van der Waals surface area (Å²) in [6.07, 6.45) is 0.593. The molecule has 0 aliphatic heterocycles. The Balaban J connectivity index is 1.88. The number of thiazole rings is 1. The molecule has 1 unspecified atom stereocenters. The average molecular weight is 432 g/mol. The fourth-order valence-corrected chi connectivity index (χ4v) is 5.50. The SMILES string of the molecule is CCC(C)N(CC(=O)Nc1nc(C)c(C)s1)S(=O)(=O)c1ccc2ccccc2c1. The second kappa shape index (κ2) is 8.61. The topological polar surface area (TPSA) is 79.4 Å². The van der Waals surface area contributed by atoms with Crippen molar-refractivity contribution in [2.75, 3.05) is 11.9 Å². The van der Waals surface area contributed by atoms with E-state index >= 15 is 0 Å². The van der Waals surface area contributed by atoms with Crippen LogP contribution in [-0.4, -0.2) is 36.2 Å². The Labute approximate surface area is 175 Å². The van der Waals surface area contributed by atoms with Crippen LogP contribution in [0.25, 0.3) is 10.8 Å². The fraction of sp³-hybridized carbons (Fsp3) is 0.333. The first-order valence-electron chi connectivity index (χ1n) is 9.47. The van der Waals surface area contributed by atoms with Gasteiger partial charge in [0.2, 0.25) is 15.9 Å². The van der Waals surface area contributed by atoms with E-state index in [1.807, 2.05) is 52.0 Å². The number of hydrogen-bond donors (Lipinski definition) is 1. The quantitative estimate of drug-likeness (QED) is 0.603. The molecule has 3 aromatic rings. The van der Waals surface area contributed by atoms with E-state index in [2.05, 4.69) is 10.3 Å². The second-order valence-corrected chi connectivity index (χ2v) is 10.1. The number of carbonyl (C=O) groups is 1. The summed E-state index contributed by atoms with van der Waals surface area (Å²) >= 11 is 1.38. The maximum absolute atomic E-state index is 13.4. The van der Waals surface area contributed by atoms with Crippen molar-refractivity contribution in [1.29, 1.82) is 0 Å². The van der Waals surface area contributed by atoms with E-state index in [1.54, 1.807) is 18.2 Å². The number of aryl methyl sites for hydroxylation is 2. The number of sulfonamides is 1. The fourth-order valence-electron chi connectivity index (χ4n) is 2.97. The van der Waals surface area contributed by atoms with Crippen molar-refractivity contribution in [3.05, 3.63) is 53.0 Å². The van der Waals surface area contributed by atoms with Gasteiger partial charge in [-0.25, -0.2) is 13.4 Å². The molecule has 0 fully saturated rings. The lowest BCUT2D eigenvalue weighted by atomic mass is 10.1. The van der Waals surface area contributed by atoms with E-state index in [0.29, 0.717) is 11.6 Å². The van der Waals surface area contributed by atoms with Crippen molar-refractivity contribution in [3.8, 4) is 0 Å². The molecule has 8 heteroatoms. The van der Waals surface area contributed by atoms with Gasteiger partial charge in [0.1, 0.15) is 0 Å². The summed E-state index contributed by atoms with van der Waals surface area (Å²) in [6.45, 7) is 7.25. The number of anilines is 1. The van der Waals surface area contributed by atoms with E-state index in [0.717, 1.165) is 21.3 Å². The molecule has 3 rings (SSSR count). The molecule has 1 N–H and O–H groups in total. The Hall–Kier alpha value is -2.29. The van der Waals surface area contributed by atoms with Crippen molar-refractivity contribution < 1.29 is 13.2 Å². The maximum atomic E-state index is 13.4. The summed E-state index contributed by atoms with van der Waals surface area (Å²) in [5.74, 6) is -0.400. The molecule has 2 aromatic carbocycles. The number of nitrogens with zero attached hydrogens (tertiary/aromatic N) is 2. The number of fused-ring (bicyclic) bond motifs is 1. The van der Waals surface area contributed by atoms with E-state index in [9.17, 15) is 13.2 Å². The summed E-state index contributed by atoms with van der Waals surface area (Å²) in [5, 5.41) is 5.02. The minimum atomic E-state index is -3.84. The predicted molar refractivity (Wildman–Crippen MR) is 118 cm³/mol. The third-order valence-electron chi connectivity index (χ3n) is 4.98. The Morgan fingerprint density at radius 1 is 1.17 bits per heavy atom. The van der Waals surface area contributed by atoms with Gasteiger partial charge in [0.05, 0.1) is 17.1 Å². The van der Waals surface area contributed by atoms with Gasteiger partial charge in [-0.3, -0.25) is 4.79 Å². The molecule has 6 nitrogen and oxygen atoms in total. The van der Waals surface area contributed by atoms with Gasteiger partial charge in [-0.15, -0.1) is 11.3 Å². The molecule has 0 saturated heterocycles. The van der Waals surface area contributed by atoms with Gasteiger partial charge >= 0.3 is 0 Å². The Bertz CT molecular complexity index is 1120. The van der Waals surface area contributed by atoms with Crippen molar-refractivity contribution in [2.45, 2.75) is 45.1 Å². The van der Waals surface area contributed by atoms with Gasteiger partial charge in [0.25, 0.3) is 0 Å². The highest BCUT2D eigenvalue weighted by Crippen LogP contribution is 2.25. The van der Waals surface area contributed by atoms with Gasteiger partial charge in [0.15, 0.2) is 5.13 Å². The van der Waals surface area contributed by atoms with Crippen LogP contribution >= 0.6 is 11.3 Å². The molecule has 0 bridgehead atoms. The first-order valence-corrected chi connectivity index (χ1v) is 11.7.